The lowest BCUT2D eigenvalue weighted by Crippen LogP contribution is -2.38. The fourth-order valence-electron chi connectivity index (χ4n) is 6.78. The number of rotatable bonds is 18. The van der Waals surface area contributed by atoms with Gasteiger partial charge in [-0.2, -0.15) is 0 Å². The number of anilines is 2. The van der Waals surface area contributed by atoms with Crippen molar-refractivity contribution in [3.8, 4) is 22.6 Å². The zero-order valence-electron chi connectivity index (χ0n) is 31.3. The number of aromatic nitrogens is 2. The lowest BCUT2D eigenvalue weighted by molar-refractivity contribution is -0.384. The molecule has 6 rings (SSSR count). The number of nitrogens with one attached hydrogen (secondary N) is 4. The Morgan fingerprint density at radius 1 is 0.877 bits per heavy atom. The second kappa shape index (κ2) is 17.6. The summed E-state index contributed by atoms with van der Waals surface area (Å²) < 4.78 is 7.62. The van der Waals surface area contributed by atoms with Gasteiger partial charge in [0.05, 0.1) is 16.1 Å². The van der Waals surface area contributed by atoms with Crippen LogP contribution in [-0.2, 0) is 21.4 Å². The molecule has 1 aliphatic rings. The first-order chi connectivity index (χ1) is 27.4. The molecule has 5 aromatic rings. The molecule has 0 saturated heterocycles. The van der Waals surface area contributed by atoms with Crippen molar-refractivity contribution in [2.45, 2.75) is 57.9 Å². The van der Waals surface area contributed by atoms with E-state index in [1.165, 1.54) is 22.8 Å². The molecule has 0 spiro atoms. The molecular weight excluding hydrogens is 734 g/mol. The number of carbonyl (C=O) groups excluding carboxylic acids is 5. The Morgan fingerprint density at radius 2 is 1.67 bits per heavy atom. The second-order valence-electron chi connectivity index (χ2n) is 13.7. The molecule has 2 aromatic heterocycles. The number of H-pyrrole nitrogens is 1. The van der Waals surface area contributed by atoms with Gasteiger partial charge in [0.25, 0.3) is 23.1 Å². The molecule has 0 saturated carbocycles. The Balaban J connectivity index is 0.967. The van der Waals surface area contributed by atoms with Gasteiger partial charge < -0.3 is 24.9 Å². The summed E-state index contributed by atoms with van der Waals surface area (Å²) >= 11 is 0. The SMILES string of the molecule is CC(CCC(=O)NC=O)N1C(=O)c2ccc(NCCCCCCC(=O)Nc3cccc(Oc4ccc([N+](=O)[O-])cc4-c4cn(C)c(=O)c5[nH]ccc45)c3)cc2C1=O. The third-order valence-electron chi connectivity index (χ3n) is 9.73. The minimum absolute atomic E-state index is 0.00329. The fraction of sp³-hybridized carbons (Fsp3) is 0.268. The highest BCUT2D eigenvalue weighted by atomic mass is 16.6. The van der Waals surface area contributed by atoms with E-state index in [0.29, 0.717) is 81.8 Å². The zero-order valence-corrected chi connectivity index (χ0v) is 31.3. The Bertz CT molecular complexity index is 2440. The highest BCUT2D eigenvalue weighted by molar-refractivity contribution is 6.22. The van der Waals surface area contributed by atoms with Crippen molar-refractivity contribution < 1.29 is 33.6 Å². The number of hydrogen-bond donors (Lipinski definition) is 4. The van der Waals surface area contributed by atoms with Gasteiger partial charge in [0.2, 0.25) is 18.2 Å². The fourth-order valence-corrected chi connectivity index (χ4v) is 6.78. The maximum absolute atomic E-state index is 13.1. The first-order valence-corrected chi connectivity index (χ1v) is 18.5. The topological polar surface area (TPSA) is 215 Å². The minimum atomic E-state index is -0.520. The lowest BCUT2D eigenvalue weighted by atomic mass is 10.0. The van der Waals surface area contributed by atoms with Crippen LogP contribution in [0.3, 0.4) is 0 Å². The number of benzene rings is 3. The van der Waals surface area contributed by atoms with E-state index in [2.05, 4.69) is 20.9 Å². The molecule has 5 amide bonds. The number of pyridine rings is 1. The van der Waals surface area contributed by atoms with E-state index < -0.39 is 28.7 Å². The summed E-state index contributed by atoms with van der Waals surface area (Å²) in [7, 11) is 1.60. The van der Waals surface area contributed by atoms with Crippen molar-refractivity contribution in [3.63, 3.8) is 0 Å². The van der Waals surface area contributed by atoms with Crippen LogP contribution in [0.15, 0.2) is 83.9 Å². The van der Waals surface area contributed by atoms with E-state index >= 15 is 0 Å². The highest BCUT2D eigenvalue weighted by Crippen LogP contribution is 2.39. The zero-order chi connectivity index (χ0) is 40.6. The number of amides is 5. The summed E-state index contributed by atoms with van der Waals surface area (Å²) in [4.78, 5) is 88.8. The van der Waals surface area contributed by atoms with Crippen LogP contribution in [0.25, 0.3) is 22.0 Å². The third kappa shape index (κ3) is 9.07. The Hall–Kier alpha value is -7.10. The van der Waals surface area contributed by atoms with E-state index in [1.807, 2.05) is 0 Å². The predicted molar refractivity (Wildman–Crippen MR) is 212 cm³/mol. The summed E-state index contributed by atoms with van der Waals surface area (Å²) in [6, 6.07) is 17.3. The number of nitro groups is 1. The molecule has 16 nitrogen and oxygen atoms in total. The molecule has 4 N–H and O–H groups in total. The normalized spacial score (nSPS) is 12.6. The molecule has 0 bridgehead atoms. The number of hydrogen-bond acceptors (Lipinski definition) is 10. The second-order valence-corrected chi connectivity index (χ2v) is 13.7. The van der Waals surface area contributed by atoms with Gasteiger partial charge in [0.1, 0.15) is 17.0 Å². The van der Waals surface area contributed by atoms with Gasteiger partial charge in [-0.1, -0.05) is 18.9 Å². The van der Waals surface area contributed by atoms with Crippen molar-refractivity contribution in [2.75, 3.05) is 17.2 Å². The quantitative estimate of drug-likeness (QED) is 0.0257. The molecule has 16 heteroatoms. The molecule has 3 aromatic carbocycles. The molecular formula is C41H41N7O9. The average Bonchev–Trinajstić information content (AvgIpc) is 3.78. The van der Waals surface area contributed by atoms with Gasteiger partial charge >= 0.3 is 0 Å². The third-order valence-corrected chi connectivity index (χ3v) is 9.73. The minimum Gasteiger partial charge on any atom is -0.457 e. The van der Waals surface area contributed by atoms with Crippen LogP contribution >= 0.6 is 0 Å². The van der Waals surface area contributed by atoms with Crippen LogP contribution in [0, 0.1) is 10.1 Å². The molecule has 1 aliphatic heterocycles. The van der Waals surface area contributed by atoms with Gasteiger partial charge in [-0.3, -0.25) is 49.1 Å². The summed E-state index contributed by atoms with van der Waals surface area (Å²) in [6.45, 7) is 2.31. The molecule has 57 heavy (non-hydrogen) atoms. The monoisotopic (exact) mass is 775 g/mol. The van der Waals surface area contributed by atoms with Crippen LogP contribution in [0.5, 0.6) is 11.5 Å². The first-order valence-electron chi connectivity index (χ1n) is 18.5. The Labute approximate surface area is 326 Å². The molecule has 1 unspecified atom stereocenters. The van der Waals surface area contributed by atoms with Gasteiger partial charge in [-0.05, 0) is 68.7 Å². The van der Waals surface area contributed by atoms with Crippen molar-refractivity contribution in [3.05, 3.63) is 111 Å². The first kappa shape index (κ1) is 39.6. The Kier molecular flexibility index (Phi) is 12.2. The van der Waals surface area contributed by atoms with E-state index in [4.69, 9.17) is 4.74 Å². The number of imide groups is 2. The smallest absolute Gasteiger partial charge is 0.274 e. The molecule has 1 atom stereocenters. The van der Waals surface area contributed by atoms with Crippen LogP contribution < -0.4 is 26.2 Å². The number of fused-ring (bicyclic) bond motifs is 2. The summed E-state index contributed by atoms with van der Waals surface area (Å²) in [5.41, 5.74) is 2.81. The largest absolute Gasteiger partial charge is 0.457 e. The van der Waals surface area contributed by atoms with Gasteiger partial charge in [-0.15, -0.1) is 0 Å². The number of unbranched alkanes of at least 4 members (excludes halogenated alkanes) is 3. The lowest BCUT2D eigenvalue weighted by Gasteiger charge is -2.22. The van der Waals surface area contributed by atoms with Gasteiger partial charge in [0, 0.05) is 91.0 Å². The number of non-ortho nitro benzene ring substituents is 1. The number of aromatic amines is 1. The number of nitrogens with zero attached hydrogens (tertiary/aromatic N) is 3. The van der Waals surface area contributed by atoms with Gasteiger partial charge in [0.15, 0.2) is 0 Å². The van der Waals surface area contributed by atoms with Gasteiger partial charge in [-0.25, -0.2) is 0 Å². The van der Waals surface area contributed by atoms with Crippen molar-refractivity contribution in [1.29, 1.82) is 0 Å². The standard InChI is InChI=1S/C41H41N7O9/c1-25(11-16-36(50)44-24-49)47-39(52)31-14-12-26(21-33(31)40(47)53)42-18-6-4-3-5-10-37(51)45-27-8-7-9-29(20-27)57-35-15-13-28(48(55)56)22-32(35)34-23-46(2)41(54)38-30(34)17-19-43-38/h7-9,12-15,17,19-25,42-43H,3-6,10-11,16,18H2,1-2H3,(H,45,51)(H,44,49,50). The maximum atomic E-state index is 13.1. The van der Waals surface area contributed by atoms with Crippen LogP contribution in [0.2, 0.25) is 0 Å². The summed E-state index contributed by atoms with van der Waals surface area (Å²) in [5, 5.41) is 20.5. The highest BCUT2D eigenvalue weighted by Gasteiger charge is 2.38. The number of nitro benzene ring substituents is 1. The summed E-state index contributed by atoms with van der Waals surface area (Å²) in [6.07, 6.45) is 7.24. The molecule has 0 fully saturated rings. The predicted octanol–water partition coefficient (Wildman–Crippen LogP) is 6.27. The molecule has 0 radical (unpaired) electrons. The van der Waals surface area contributed by atoms with E-state index in [9.17, 15) is 38.9 Å². The molecule has 0 aliphatic carbocycles. The van der Waals surface area contributed by atoms with E-state index in [-0.39, 0.29) is 30.0 Å². The number of carbonyl (C=O) groups is 5. The maximum Gasteiger partial charge on any atom is 0.274 e. The van der Waals surface area contributed by atoms with E-state index in [1.54, 1.807) is 74.9 Å². The molecule has 294 valence electrons. The van der Waals surface area contributed by atoms with Crippen molar-refractivity contribution in [1.82, 2.24) is 19.8 Å². The number of aryl methyl sites for hydroxylation is 1. The van der Waals surface area contributed by atoms with Crippen LogP contribution in [-0.4, -0.2) is 62.0 Å². The van der Waals surface area contributed by atoms with Crippen molar-refractivity contribution >= 4 is 58.0 Å². The van der Waals surface area contributed by atoms with E-state index in [0.717, 1.165) is 24.2 Å². The summed E-state index contributed by atoms with van der Waals surface area (Å²) in [5.74, 6) is -0.748. The average molecular weight is 776 g/mol. The Morgan fingerprint density at radius 3 is 2.46 bits per heavy atom. The molecule has 3 heterocycles. The van der Waals surface area contributed by atoms with Crippen LogP contribution in [0.4, 0.5) is 17.1 Å². The van der Waals surface area contributed by atoms with Crippen molar-refractivity contribution in [2.24, 2.45) is 7.05 Å². The van der Waals surface area contributed by atoms with Crippen LogP contribution in [0.1, 0.15) is 72.6 Å². The number of ether oxygens (including phenoxy) is 1.